The molecule has 2 heterocycles. The summed E-state index contributed by atoms with van der Waals surface area (Å²) in [5.41, 5.74) is 1.22. The van der Waals surface area contributed by atoms with Gasteiger partial charge in [0.15, 0.2) is 6.29 Å². The molecule has 0 N–H and O–H groups in total. The van der Waals surface area contributed by atoms with Crippen LogP contribution in [0, 0.1) is 0 Å². The normalized spacial score (nSPS) is 10.4. The minimum absolute atomic E-state index is 0.446. The molecular weight excluding hydrogens is 220 g/mol. The number of halogens is 1. The van der Waals surface area contributed by atoms with E-state index in [9.17, 15) is 4.79 Å². The molecule has 0 bridgehead atoms. The molecule has 0 fully saturated rings. The van der Waals surface area contributed by atoms with Crippen molar-refractivity contribution in [3.05, 3.63) is 34.7 Å². The number of fused-ring (bicyclic) bond motifs is 1. The predicted molar refractivity (Wildman–Crippen MR) is 48.3 cm³/mol. The minimum Gasteiger partial charge on any atom is -0.296 e. The minimum atomic E-state index is 0.446. The molecule has 4 heteroatoms. The van der Waals surface area contributed by atoms with Crippen LogP contribution in [0.2, 0.25) is 0 Å². The van der Waals surface area contributed by atoms with E-state index in [1.165, 1.54) is 0 Å². The highest BCUT2D eigenvalue weighted by Crippen LogP contribution is 2.12. The largest absolute Gasteiger partial charge is 0.296 e. The summed E-state index contributed by atoms with van der Waals surface area (Å²) < 4.78 is 2.70. The summed E-state index contributed by atoms with van der Waals surface area (Å²) in [4.78, 5) is 14.5. The molecular formula is C8H5BrN2O. The highest BCUT2D eigenvalue weighted by Gasteiger charge is 2.00. The van der Waals surface area contributed by atoms with Gasteiger partial charge in [-0.25, -0.2) is 4.98 Å². The van der Waals surface area contributed by atoms with Gasteiger partial charge in [0, 0.05) is 6.20 Å². The average molecular weight is 225 g/mol. The van der Waals surface area contributed by atoms with E-state index in [0.717, 1.165) is 16.5 Å². The standard InChI is InChI=1S/C8H5BrN2O/c9-7-2-1-3-8-10-6(5-12)4-11(7)8/h1-5H. The van der Waals surface area contributed by atoms with Crippen molar-refractivity contribution in [3.63, 3.8) is 0 Å². The van der Waals surface area contributed by atoms with Crippen molar-refractivity contribution in [2.45, 2.75) is 0 Å². The molecule has 0 aliphatic rings. The molecule has 0 spiro atoms. The molecule has 0 saturated carbocycles. The van der Waals surface area contributed by atoms with Gasteiger partial charge in [0.25, 0.3) is 0 Å². The molecule has 2 aromatic rings. The Morgan fingerprint density at radius 3 is 3.00 bits per heavy atom. The summed E-state index contributed by atoms with van der Waals surface area (Å²) >= 11 is 3.35. The van der Waals surface area contributed by atoms with Gasteiger partial charge in [-0.15, -0.1) is 0 Å². The average Bonchev–Trinajstić information content (AvgIpc) is 2.49. The third-order valence-corrected chi connectivity index (χ3v) is 2.23. The van der Waals surface area contributed by atoms with E-state index < -0.39 is 0 Å². The number of nitrogens with zero attached hydrogens (tertiary/aromatic N) is 2. The molecule has 0 aliphatic carbocycles. The fraction of sp³-hybridized carbons (Fsp3) is 0. The molecule has 0 radical (unpaired) electrons. The summed E-state index contributed by atoms with van der Waals surface area (Å²) in [5.74, 6) is 0. The van der Waals surface area contributed by atoms with E-state index in [1.807, 2.05) is 22.6 Å². The van der Waals surface area contributed by atoms with E-state index >= 15 is 0 Å². The molecule has 0 aromatic carbocycles. The van der Waals surface area contributed by atoms with Gasteiger partial charge < -0.3 is 0 Å². The molecule has 12 heavy (non-hydrogen) atoms. The number of aromatic nitrogens is 2. The van der Waals surface area contributed by atoms with E-state index in [-0.39, 0.29) is 0 Å². The third kappa shape index (κ3) is 1.04. The lowest BCUT2D eigenvalue weighted by Gasteiger charge is -1.93. The number of carbonyl (C=O) groups excluding carboxylic acids is 1. The predicted octanol–water partition coefficient (Wildman–Crippen LogP) is 1.91. The van der Waals surface area contributed by atoms with Crippen LogP contribution in [0.1, 0.15) is 10.5 Å². The van der Waals surface area contributed by atoms with Crippen LogP contribution in [0.5, 0.6) is 0 Å². The first-order valence-corrected chi connectivity index (χ1v) is 4.19. The van der Waals surface area contributed by atoms with Crippen molar-refractivity contribution in [1.82, 2.24) is 9.38 Å². The van der Waals surface area contributed by atoms with Gasteiger partial charge in [0.1, 0.15) is 11.3 Å². The highest BCUT2D eigenvalue weighted by atomic mass is 79.9. The molecule has 2 aromatic heterocycles. The first-order chi connectivity index (χ1) is 5.81. The van der Waals surface area contributed by atoms with Crippen LogP contribution in [0.4, 0.5) is 0 Å². The van der Waals surface area contributed by atoms with Crippen molar-refractivity contribution in [2.24, 2.45) is 0 Å². The zero-order chi connectivity index (χ0) is 8.55. The highest BCUT2D eigenvalue weighted by molar-refractivity contribution is 9.10. The Morgan fingerprint density at radius 1 is 1.50 bits per heavy atom. The second-order valence-electron chi connectivity index (χ2n) is 2.36. The van der Waals surface area contributed by atoms with Crippen molar-refractivity contribution in [1.29, 1.82) is 0 Å². The van der Waals surface area contributed by atoms with Crippen molar-refractivity contribution in [2.75, 3.05) is 0 Å². The van der Waals surface area contributed by atoms with Crippen molar-refractivity contribution < 1.29 is 4.79 Å². The van der Waals surface area contributed by atoms with Gasteiger partial charge in [-0.2, -0.15) is 0 Å². The van der Waals surface area contributed by atoms with E-state index in [1.54, 1.807) is 6.20 Å². The maximum Gasteiger partial charge on any atom is 0.170 e. The lowest BCUT2D eigenvalue weighted by atomic mass is 10.5. The van der Waals surface area contributed by atoms with E-state index in [0.29, 0.717) is 5.69 Å². The fourth-order valence-electron chi connectivity index (χ4n) is 1.05. The zero-order valence-electron chi connectivity index (χ0n) is 6.07. The molecule has 0 unspecified atom stereocenters. The van der Waals surface area contributed by atoms with Gasteiger partial charge in [-0.3, -0.25) is 9.20 Å². The number of pyridine rings is 1. The number of carbonyl (C=O) groups is 1. The van der Waals surface area contributed by atoms with Crippen molar-refractivity contribution in [3.8, 4) is 0 Å². The van der Waals surface area contributed by atoms with Crippen molar-refractivity contribution >= 4 is 27.9 Å². The van der Waals surface area contributed by atoms with Crippen LogP contribution < -0.4 is 0 Å². The van der Waals surface area contributed by atoms with Gasteiger partial charge in [0.05, 0.1) is 4.60 Å². The topological polar surface area (TPSA) is 34.4 Å². The van der Waals surface area contributed by atoms with Gasteiger partial charge >= 0.3 is 0 Å². The van der Waals surface area contributed by atoms with Crippen LogP contribution in [-0.4, -0.2) is 15.7 Å². The second-order valence-corrected chi connectivity index (χ2v) is 3.17. The Hall–Kier alpha value is -1.16. The monoisotopic (exact) mass is 224 g/mol. The van der Waals surface area contributed by atoms with Crippen LogP contribution in [0.3, 0.4) is 0 Å². The summed E-state index contributed by atoms with van der Waals surface area (Å²) in [6.07, 6.45) is 2.42. The van der Waals surface area contributed by atoms with Crippen LogP contribution in [0.25, 0.3) is 5.65 Å². The third-order valence-electron chi connectivity index (χ3n) is 1.58. The Morgan fingerprint density at radius 2 is 2.33 bits per heavy atom. The molecule has 0 aliphatic heterocycles. The summed E-state index contributed by atoms with van der Waals surface area (Å²) in [7, 11) is 0. The maximum atomic E-state index is 10.4. The second kappa shape index (κ2) is 2.71. The lowest BCUT2D eigenvalue weighted by molar-refractivity contribution is 0.111. The number of hydrogen-bond acceptors (Lipinski definition) is 2. The molecule has 0 saturated heterocycles. The Kier molecular flexibility index (Phi) is 1.69. The van der Waals surface area contributed by atoms with Gasteiger partial charge in [-0.05, 0) is 28.1 Å². The molecule has 3 nitrogen and oxygen atoms in total. The molecule has 2 rings (SSSR count). The van der Waals surface area contributed by atoms with E-state index in [2.05, 4.69) is 20.9 Å². The van der Waals surface area contributed by atoms with Gasteiger partial charge in [-0.1, -0.05) is 6.07 Å². The van der Waals surface area contributed by atoms with Crippen LogP contribution >= 0.6 is 15.9 Å². The molecule has 60 valence electrons. The maximum absolute atomic E-state index is 10.4. The fourth-order valence-corrected chi connectivity index (χ4v) is 1.49. The zero-order valence-corrected chi connectivity index (χ0v) is 7.65. The molecule has 0 amide bonds. The Labute approximate surface area is 77.2 Å². The number of hydrogen-bond donors (Lipinski definition) is 0. The first kappa shape index (κ1) is 7.49. The Bertz CT molecular complexity index is 436. The number of imidazole rings is 1. The first-order valence-electron chi connectivity index (χ1n) is 3.40. The quantitative estimate of drug-likeness (QED) is 0.548. The van der Waals surface area contributed by atoms with Gasteiger partial charge in [0.2, 0.25) is 0 Å². The SMILES string of the molecule is O=Cc1cn2c(Br)cccc2n1. The smallest absolute Gasteiger partial charge is 0.170 e. The Balaban J connectivity index is 2.82. The number of aldehydes is 1. The number of rotatable bonds is 1. The van der Waals surface area contributed by atoms with Crippen LogP contribution in [0.15, 0.2) is 29.0 Å². The summed E-state index contributed by atoms with van der Waals surface area (Å²) in [5, 5.41) is 0. The summed E-state index contributed by atoms with van der Waals surface area (Å²) in [6.45, 7) is 0. The van der Waals surface area contributed by atoms with E-state index in [4.69, 9.17) is 0 Å². The molecule has 0 atom stereocenters. The summed E-state index contributed by atoms with van der Waals surface area (Å²) in [6, 6.07) is 5.61. The van der Waals surface area contributed by atoms with Crippen LogP contribution in [-0.2, 0) is 0 Å². The lowest BCUT2D eigenvalue weighted by Crippen LogP contribution is -1.82.